The molecule has 26 heavy (non-hydrogen) atoms. The third-order valence-corrected chi connectivity index (χ3v) is 5.63. The molecule has 142 valence electrons. The maximum atomic E-state index is 13.9. The number of piperidine rings is 2. The summed E-state index contributed by atoms with van der Waals surface area (Å²) >= 11 is 0. The number of carbonyl (C=O) groups is 2. The number of hydrogen-bond donors (Lipinski definition) is 0. The van der Waals surface area contributed by atoms with Gasteiger partial charge in [0.25, 0.3) is 0 Å². The molecule has 0 aliphatic carbocycles. The van der Waals surface area contributed by atoms with E-state index in [1.165, 1.54) is 6.07 Å². The normalized spacial score (nSPS) is 23.5. The molecule has 0 N–H and O–H groups in total. The molecule has 2 saturated heterocycles. The molecular formula is C20H27FN2O3. The summed E-state index contributed by atoms with van der Waals surface area (Å²) in [4.78, 5) is 28.6. The van der Waals surface area contributed by atoms with E-state index in [4.69, 9.17) is 4.74 Å². The maximum Gasteiger partial charge on any atom is 0.227 e. The first-order valence-electron chi connectivity index (χ1n) is 9.31. The summed E-state index contributed by atoms with van der Waals surface area (Å²) in [6.07, 6.45) is 3.38. The zero-order chi connectivity index (χ0) is 18.6. The summed E-state index contributed by atoms with van der Waals surface area (Å²) < 4.78 is 19.0. The lowest BCUT2D eigenvalue weighted by Gasteiger charge is -2.48. The topological polar surface area (TPSA) is 49.9 Å². The Balaban J connectivity index is 1.65. The van der Waals surface area contributed by atoms with Gasteiger partial charge in [-0.15, -0.1) is 0 Å². The van der Waals surface area contributed by atoms with Crippen LogP contribution in [-0.2, 0) is 20.7 Å². The molecule has 2 fully saturated rings. The highest BCUT2D eigenvalue weighted by atomic mass is 19.1. The highest BCUT2D eigenvalue weighted by Crippen LogP contribution is 2.39. The Morgan fingerprint density at radius 2 is 2.08 bits per heavy atom. The summed E-state index contributed by atoms with van der Waals surface area (Å²) in [6, 6.07) is 6.44. The number of methoxy groups -OCH3 is 1. The van der Waals surface area contributed by atoms with E-state index < -0.39 is 0 Å². The Morgan fingerprint density at radius 1 is 1.27 bits per heavy atom. The number of carbonyl (C=O) groups excluding carboxylic acids is 2. The van der Waals surface area contributed by atoms with Gasteiger partial charge in [0.15, 0.2) is 0 Å². The molecule has 3 rings (SSSR count). The van der Waals surface area contributed by atoms with Crippen LogP contribution in [0.1, 0.15) is 31.2 Å². The zero-order valence-corrected chi connectivity index (χ0v) is 15.4. The van der Waals surface area contributed by atoms with Crippen LogP contribution >= 0.6 is 0 Å². The van der Waals surface area contributed by atoms with Crippen molar-refractivity contribution in [3.63, 3.8) is 0 Å². The molecule has 1 aromatic carbocycles. The smallest absolute Gasteiger partial charge is 0.227 e. The van der Waals surface area contributed by atoms with Crippen LogP contribution in [0.3, 0.4) is 0 Å². The maximum absolute atomic E-state index is 13.9. The highest BCUT2D eigenvalue weighted by Gasteiger charge is 2.42. The third-order valence-electron chi connectivity index (χ3n) is 5.63. The number of amides is 2. The van der Waals surface area contributed by atoms with Gasteiger partial charge in [0.2, 0.25) is 11.8 Å². The fourth-order valence-corrected chi connectivity index (χ4v) is 4.18. The van der Waals surface area contributed by atoms with Crippen LogP contribution in [0.15, 0.2) is 24.3 Å². The van der Waals surface area contributed by atoms with Gasteiger partial charge in [-0.1, -0.05) is 18.2 Å². The molecule has 0 saturated carbocycles. The molecule has 0 radical (unpaired) electrons. The lowest BCUT2D eigenvalue weighted by Crippen LogP contribution is -2.55. The number of benzene rings is 1. The molecule has 2 amide bonds. The third kappa shape index (κ3) is 4.23. The van der Waals surface area contributed by atoms with Gasteiger partial charge < -0.3 is 14.5 Å². The van der Waals surface area contributed by atoms with Crippen molar-refractivity contribution in [3.8, 4) is 0 Å². The molecule has 6 heteroatoms. The van der Waals surface area contributed by atoms with Crippen LogP contribution in [0.25, 0.3) is 0 Å². The van der Waals surface area contributed by atoms with E-state index in [2.05, 4.69) is 0 Å². The van der Waals surface area contributed by atoms with Crippen molar-refractivity contribution in [2.45, 2.75) is 32.1 Å². The minimum atomic E-state index is -0.332. The minimum Gasteiger partial charge on any atom is -0.383 e. The summed E-state index contributed by atoms with van der Waals surface area (Å²) in [5.74, 6) is -0.196. The summed E-state index contributed by atoms with van der Waals surface area (Å²) in [7, 11) is 1.63. The quantitative estimate of drug-likeness (QED) is 0.807. The first-order valence-corrected chi connectivity index (χ1v) is 9.31. The van der Waals surface area contributed by atoms with Crippen LogP contribution in [0.4, 0.5) is 4.39 Å². The van der Waals surface area contributed by atoms with Gasteiger partial charge in [0.1, 0.15) is 5.82 Å². The van der Waals surface area contributed by atoms with Gasteiger partial charge >= 0.3 is 0 Å². The predicted octanol–water partition coefficient (Wildman–Crippen LogP) is 2.25. The highest BCUT2D eigenvalue weighted by molar-refractivity contribution is 5.79. The molecule has 2 aliphatic rings. The van der Waals surface area contributed by atoms with Crippen molar-refractivity contribution in [3.05, 3.63) is 35.6 Å². The van der Waals surface area contributed by atoms with Crippen molar-refractivity contribution < 1.29 is 18.7 Å². The van der Waals surface area contributed by atoms with E-state index in [0.29, 0.717) is 44.8 Å². The summed E-state index contributed by atoms with van der Waals surface area (Å²) in [5, 5.41) is 0. The van der Waals surface area contributed by atoms with E-state index >= 15 is 0 Å². The van der Waals surface area contributed by atoms with Crippen molar-refractivity contribution in [2.24, 2.45) is 5.41 Å². The first kappa shape index (κ1) is 18.8. The van der Waals surface area contributed by atoms with Crippen LogP contribution in [-0.4, -0.2) is 61.5 Å². The Bertz CT molecular complexity index is 666. The van der Waals surface area contributed by atoms with Crippen molar-refractivity contribution in [2.75, 3.05) is 39.9 Å². The Labute approximate surface area is 154 Å². The average molecular weight is 362 g/mol. The van der Waals surface area contributed by atoms with Crippen molar-refractivity contribution in [1.82, 2.24) is 9.80 Å². The monoisotopic (exact) mass is 362 g/mol. The fraction of sp³-hybridized carbons (Fsp3) is 0.600. The molecule has 5 nitrogen and oxygen atoms in total. The number of likely N-dealkylation sites (tertiary alicyclic amines) is 2. The Kier molecular flexibility index (Phi) is 5.91. The number of rotatable bonds is 5. The number of halogens is 1. The van der Waals surface area contributed by atoms with E-state index in [1.54, 1.807) is 25.3 Å². The van der Waals surface area contributed by atoms with E-state index in [0.717, 1.165) is 19.3 Å². The Hall–Kier alpha value is -1.95. The van der Waals surface area contributed by atoms with Gasteiger partial charge in [0, 0.05) is 45.1 Å². The van der Waals surface area contributed by atoms with Crippen LogP contribution < -0.4 is 0 Å². The van der Waals surface area contributed by atoms with Crippen LogP contribution in [0.5, 0.6) is 0 Å². The first-order chi connectivity index (χ1) is 12.5. The summed E-state index contributed by atoms with van der Waals surface area (Å²) in [5.41, 5.74) is 0.405. The second kappa shape index (κ2) is 8.16. The number of nitrogens with zero attached hydrogens (tertiary/aromatic N) is 2. The van der Waals surface area contributed by atoms with E-state index in [9.17, 15) is 14.0 Å². The number of ether oxygens (including phenoxy) is 1. The molecule has 2 aliphatic heterocycles. The SMILES string of the molecule is COCCN1CC2(CCCN(C(=O)Cc3ccccc3F)C2)CCC1=O. The van der Waals surface area contributed by atoms with Crippen molar-refractivity contribution in [1.29, 1.82) is 0 Å². The summed E-state index contributed by atoms with van der Waals surface area (Å²) in [6.45, 7) is 3.16. The van der Waals surface area contributed by atoms with Gasteiger partial charge in [-0.05, 0) is 30.9 Å². The molecule has 1 aromatic rings. The molecule has 0 bridgehead atoms. The van der Waals surface area contributed by atoms with Gasteiger partial charge in [-0.2, -0.15) is 0 Å². The largest absolute Gasteiger partial charge is 0.383 e. The lowest BCUT2D eigenvalue weighted by molar-refractivity contribution is -0.143. The molecule has 0 aromatic heterocycles. The van der Waals surface area contributed by atoms with E-state index in [1.807, 2.05) is 9.80 Å². The average Bonchev–Trinajstić information content (AvgIpc) is 2.65. The molecule has 2 heterocycles. The van der Waals surface area contributed by atoms with Crippen molar-refractivity contribution >= 4 is 11.8 Å². The lowest BCUT2D eigenvalue weighted by atomic mass is 9.73. The second-order valence-corrected chi connectivity index (χ2v) is 7.50. The zero-order valence-electron chi connectivity index (χ0n) is 15.4. The molecular weight excluding hydrogens is 335 g/mol. The number of hydrogen-bond acceptors (Lipinski definition) is 3. The molecule has 1 unspecified atom stereocenters. The van der Waals surface area contributed by atoms with Gasteiger partial charge in [-0.3, -0.25) is 9.59 Å². The predicted molar refractivity (Wildman–Crippen MR) is 96.0 cm³/mol. The van der Waals surface area contributed by atoms with Crippen LogP contribution in [0.2, 0.25) is 0 Å². The second-order valence-electron chi connectivity index (χ2n) is 7.50. The Morgan fingerprint density at radius 3 is 2.85 bits per heavy atom. The van der Waals surface area contributed by atoms with Gasteiger partial charge in [-0.25, -0.2) is 4.39 Å². The fourth-order valence-electron chi connectivity index (χ4n) is 4.18. The van der Waals surface area contributed by atoms with Crippen LogP contribution in [0, 0.1) is 11.2 Å². The van der Waals surface area contributed by atoms with E-state index in [-0.39, 0.29) is 29.5 Å². The standard InChI is InChI=1S/C20H27FN2O3/c1-26-12-11-23-15-20(9-7-18(23)24)8-4-10-22(14-20)19(25)13-16-5-2-3-6-17(16)21/h2-3,5-6H,4,7-15H2,1H3. The minimum absolute atomic E-state index is 0.0329. The van der Waals surface area contributed by atoms with Gasteiger partial charge in [0.05, 0.1) is 13.0 Å². The molecule has 1 spiro atoms. The molecule has 1 atom stereocenters.